The summed E-state index contributed by atoms with van der Waals surface area (Å²) in [6.07, 6.45) is 0. The van der Waals surface area contributed by atoms with E-state index in [2.05, 4.69) is 21.2 Å². The maximum Gasteiger partial charge on any atom is 0.229 e. The smallest absolute Gasteiger partial charge is 0.229 e. The summed E-state index contributed by atoms with van der Waals surface area (Å²) >= 11 is 9.28. The van der Waals surface area contributed by atoms with Crippen molar-refractivity contribution in [3.05, 3.63) is 27.7 Å². The van der Waals surface area contributed by atoms with Crippen molar-refractivity contribution in [2.24, 2.45) is 5.41 Å². The van der Waals surface area contributed by atoms with Crippen LogP contribution in [-0.2, 0) is 4.79 Å². The SMILES string of the molecule is CC(C)(C)C(=O)Nc1ccc(Br)cc1Cl. The summed E-state index contributed by atoms with van der Waals surface area (Å²) in [7, 11) is 0. The van der Waals surface area contributed by atoms with Gasteiger partial charge in [0.15, 0.2) is 0 Å². The van der Waals surface area contributed by atoms with Crippen LogP contribution in [0.5, 0.6) is 0 Å². The standard InChI is InChI=1S/C11H13BrClNO/c1-11(2,3)10(15)14-9-5-4-7(12)6-8(9)13/h4-6H,1-3H3,(H,14,15). The number of halogens is 2. The lowest BCUT2D eigenvalue weighted by atomic mass is 9.95. The molecule has 0 unspecified atom stereocenters. The Hall–Kier alpha value is -0.540. The van der Waals surface area contributed by atoms with Crippen molar-refractivity contribution in [1.82, 2.24) is 0 Å². The maximum absolute atomic E-state index is 11.7. The molecule has 0 saturated heterocycles. The van der Waals surface area contributed by atoms with Gasteiger partial charge in [-0.15, -0.1) is 0 Å². The lowest BCUT2D eigenvalue weighted by Gasteiger charge is -2.18. The summed E-state index contributed by atoms with van der Waals surface area (Å²) in [6.45, 7) is 5.57. The van der Waals surface area contributed by atoms with Crippen LogP contribution >= 0.6 is 27.5 Å². The molecule has 1 N–H and O–H groups in total. The van der Waals surface area contributed by atoms with Gasteiger partial charge in [0.1, 0.15) is 0 Å². The molecule has 2 nitrogen and oxygen atoms in total. The molecule has 0 spiro atoms. The second-order valence-electron chi connectivity index (χ2n) is 4.33. The number of amides is 1. The summed E-state index contributed by atoms with van der Waals surface area (Å²) in [5.41, 5.74) is 0.218. The van der Waals surface area contributed by atoms with E-state index in [4.69, 9.17) is 11.6 Å². The van der Waals surface area contributed by atoms with Crippen LogP contribution in [-0.4, -0.2) is 5.91 Å². The van der Waals surface area contributed by atoms with E-state index in [1.807, 2.05) is 26.8 Å². The van der Waals surface area contributed by atoms with Crippen LogP contribution in [0.2, 0.25) is 5.02 Å². The molecule has 0 aromatic heterocycles. The molecule has 0 aliphatic rings. The summed E-state index contributed by atoms with van der Waals surface area (Å²) in [4.78, 5) is 11.7. The molecule has 0 aliphatic heterocycles. The zero-order valence-corrected chi connectivity index (χ0v) is 11.2. The Morgan fingerprint density at radius 3 is 2.47 bits per heavy atom. The van der Waals surface area contributed by atoms with E-state index in [0.29, 0.717) is 10.7 Å². The van der Waals surface area contributed by atoms with Gasteiger partial charge < -0.3 is 5.32 Å². The van der Waals surface area contributed by atoms with Crippen molar-refractivity contribution in [3.63, 3.8) is 0 Å². The fraction of sp³-hybridized carbons (Fsp3) is 0.364. The van der Waals surface area contributed by atoms with Gasteiger partial charge in [0.2, 0.25) is 5.91 Å². The van der Waals surface area contributed by atoms with Gasteiger partial charge in [0.25, 0.3) is 0 Å². The topological polar surface area (TPSA) is 29.1 Å². The first-order valence-corrected chi connectivity index (χ1v) is 5.74. The minimum atomic E-state index is -0.420. The Morgan fingerprint density at radius 1 is 1.40 bits per heavy atom. The van der Waals surface area contributed by atoms with Crippen LogP contribution in [0.15, 0.2) is 22.7 Å². The van der Waals surface area contributed by atoms with Crippen molar-refractivity contribution in [2.45, 2.75) is 20.8 Å². The monoisotopic (exact) mass is 289 g/mol. The van der Waals surface area contributed by atoms with Crippen LogP contribution in [0.3, 0.4) is 0 Å². The molecular formula is C11H13BrClNO. The minimum absolute atomic E-state index is 0.0493. The Labute approximate surface area is 103 Å². The van der Waals surface area contributed by atoms with E-state index in [0.717, 1.165) is 4.47 Å². The third-order valence-corrected chi connectivity index (χ3v) is 2.67. The first-order chi connectivity index (χ1) is 6.80. The first-order valence-electron chi connectivity index (χ1n) is 4.57. The van der Waals surface area contributed by atoms with E-state index < -0.39 is 5.41 Å². The Kier molecular flexibility index (Phi) is 3.79. The zero-order chi connectivity index (χ0) is 11.6. The predicted molar refractivity (Wildman–Crippen MR) is 67.2 cm³/mol. The van der Waals surface area contributed by atoms with Gasteiger partial charge in [-0.1, -0.05) is 48.3 Å². The highest BCUT2D eigenvalue weighted by atomic mass is 79.9. The highest BCUT2D eigenvalue weighted by molar-refractivity contribution is 9.10. The normalized spacial score (nSPS) is 11.3. The Balaban J connectivity index is 2.87. The number of rotatable bonds is 1. The van der Waals surface area contributed by atoms with Gasteiger partial charge in [0.05, 0.1) is 10.7 Å². The third-order valence-electron chi connectivity index (χ3n) is 1.86. The van der Waals surface area contributed by atoms with E-state index in [1.54, 1.807) is 12.1 Å². The first kappa shape index (κ1) is 12.5. The summed E-state index contributed by atoms with van der Waals surface area (Å²) < 4.78 is 0.890. The molecule has 4 heteroatoms. The van der Waals surface area contributed by atoms with E-state index in [1.165, 1.54) is 0 Å². The minimum Gasteiger partial charge on any atom is -0.324 e. The van der Waals surface area contributed by atoms with Crippen LogP contribution in [0, 0.1) is 5.41 Å². The number of hydrogen-bond acceptors (Lipinski definition) is 1. The highest BCUT2D eigenvalue weighted by Crippen LogP contribution is 2.27. The van der Waals surface area contributed by atoms with Crippen molar-refractivity contribution >= 4 is 39.1 Å². The van der Waals surface area contributed by atoms with Crippen molar-refractivity contribution in [1.29, 1.82) is 0 Å². The molecule has 15 heavy (non-hydrogen) atoms. The van der Waals surface area contributed by atoms with Crippen molar-refractivity contribution in [2.75, 3.05) is 5.32 Å². The fourth-order valence-corrected chi connectivity index (χ4v) is 1.62. The molecule has 0 atom stereocenters. The van der Waals surface area contributed by atoms with Gasteiger partial charge >= 0.3 is 0 Å². The molecule has 0 bridgehead atoms. The van der Waals surface area contributed by atoms with Crippen LogP contribution in [0.1, 0.15) is 20.8 Å². The van der Waals surface area contributed by atoms with Crippen LogP contribution in [0.4, 0.5) is 5.69 Å². The lowest BCUT2D eigenvalue weighted by Crippen LogP contribution is -2.27. The van der Waals surface area contributed by atoms with Gasteiger partial charge in [0, 0.05) is 9.89 Å². The fourth-order valence-electron chi connectivity index (χ4n) is 0.901. The van der Waals surface area contributed by atoms with Crippen molar-refractivity contribution in [3.8, 4) is 0 Å². The molecule has 0 heterocycles. The number of carbonyl (C=O) groups is 1. The van der Waals surface area contributed by atoms with Crippen molar-refractivity contribution < 1.29 is 4.79 Å². The zero-order valence-electron chi connectivity index (χ0n) is 8.90. The number of hydrogen-bond donors (Lipinski definition) is 1. The van der Waals surface area contributed by atoms with E-state index in [-0.39, 0.29) is 5.91 Å². The molecule has 1 aromatic rings. The van der Waals surface area contributed by atoms with E-state index >= 15 is 0 Å². The summed E-state index contributed by atoms with van der Waals surface area (Å²) in [5, 5.41) is 3.32. The second kappa shape index (κ2) is 4.54. The van der Waals surface area contributed by atoms with Crippen LogP contribution in [0.25, 0.3) is 0 Å². The second-order valence-corrected chi connectivity index (χ2v) is 5.65. The number of nitrogens with one attached hydrogen (secondary N) is 1. The quantitative estimate of drug-likeness (QED) is 0.829. The average Bonchev–Trinajstić information content (AvgIpc) is 2.08. The van der Waals surface area contributed by atoms with Gasteiger partial charge in [-0.3, -0.25) is 4.79 Å². The van der Waals surface area contributed by atoms with E-state index in [9.17, 15) is 4.79 Å². The molecule has 0 aliphatic carbocycles. The molecule has 82 valence electrons. The maximum atomic E-state index is 11.7. The average molecular weight is 291 g/mol. The molecule has 1 aromatic carbocycles. The molecule has 1 amide bonds. The predicted octanol–water partition coefficient (Wildman–Crippen LogP) is 4.09. The molecule has 1 rings (SSSR count). The third kappa shape index (κ3) is 3.50. The Morgan fingerprint density at radius 2 is 2.00 bits per heavy atom. The molecular weight excluding hydrogens is 277 g/mol. The molecule has 0 fully saturated rings. The number of carbonyl (C=O) groups excluding carboxylic acids is 1. The largest absolute Gasteiger partial charge is 0.324 e. The Bertz CT molecular complexity index is 385. The lowest BCUT2D eigenvalue weighted by molar-refractivity contribution is -0.123. The number of anilines is 1. The molecule has 0 radical (unpaired) electrons. The summed E-state index contributed by atoms with van der Waals surface area (Å²) in [5.74, 6) is -0.0493. The van der Waals surface area contributed by atoms with Gasteiger partial charge in [-0.25, -0.2) is 0 Å². The number of benzene rings is 1. The molecule has 0 saturated carbocycles. The van der Waals surface area contributed by atoms with Gasteiger partial charge in [-0.2, -0.15) is 0 Å². The highest BCUT2D eigenvalue weighted by Gasteiger charge is 2.21. The van der Waals surface area contributed by atoms with Crippen LogP contribution < -0.4 is 5.32 Å². The van der Waals surface area contributed by atoms with Gasteiger partial charge in [-0.05, 0) is 18.2 Å². The summed E-state index contributed by atoms with van der Waals surface area (Å²) in [6, 6.07) is 5.36.